The Morgan fingerprint density at radius 2 is 1.74 bits per heavy atom. The van der Waals surface area contributed by atoms with Crippen LogP contribution >= 0.6 is 0 Å². The lowest BCUT2D eigenvalue weighted by molar-refractivity contribution is 0.0827. The Balaban J connectivity index is 1.96. The zero-order chi connectivity index (χ0) is 22.3. The van der Waals surface area contributed by atoms with Crippen LogP contribution in [0.1, 0.15) is 15.9 Å². The molecule has 1 heterocycles. The zero-order valence-corrected chi connectivity index (χ0v) is 17.0. The molecule has 4 rings (SSSR count). The summed E-state index contributed by atoms with van der Waals surface area (Å²) in [6.07, 6.45) is 0. The van der Waals surface area contributed by atoms with E-state index >= 15 is 0 Å². The zero-order valence-electron chi connectivity index (χ0n) is 17.0. The van der Waals surface area contributed by atoms with Crippen LogP contribution in [0.3, 0.4) is 0 Å². The van der Waals surface area contributed by atoms with Crippen LogP contribution in [-0.2, 0) is 0 Å². The number of hydrogen-bond acceptors (Lipinski definition) is 3. The molecule has 0 saturated heterocycles. The first-order valence-corrected chi connectivity index (χ1v) is 9.57. The van der Waals surface area contributed by atoms with E-state index in [0.29, 0.717) is 33.3 Å². The van der Waals surface area contributed by atoms with Crippen molar-refractivity contribution in [2.24, 2.45) is 5.73 Å². The molecular weight excluding hydrogens is 395 g/mol. The van der Waals surface area contributed by atoms with Gasteiger partial charge in [0.05, 0.1) is 11.3 Å². The highest BCUT2D eigenvalue weighted by atomic mass is 19.1. The van der Waals surface area contributed by atoms with Gasteiger partial charge >= 0.3 is 0 Å². The maximum absolute atomic E-state index is 14.3. The van der Waals surface area contributed by atoms with Gasteiger partial charge in [-0.3, -0.25) is 10.2 Å². The van der Waals surface area contributed by atoms with Crippen LogP contribution in [0, 0.1) is 11.2 Å². The molecule has 31 heavy (non-hydrogen) atoms. The second-order valence-electron chi connectivity index (χ2n) is 7.50. The highest BCUT2D eigenvalue weighted by molar-refractivity contribution is 6.01. The summed E-state index contributed by atoms with van der Waals surface area (Å²) in [5, 5.41) is 19.3. The number of phenols is 1. The van der Waals surface area contributed by atoms with Crippen LogP contribution in [-0.4, -0.2) is 40.8 Å². The average Bonchev–Trinajstić information content (AvgIpc) is 3.15. The minimum Gasteiger partial charge on any atom is -0.507 e. The maximum Gasteiger partial charge on any atom is 0.253 e. The number of benzene rings is 3. The Kier molecular flexibility index (Phi) is 4.94. The van der Waals surface area contributed by atoms with Crippen molar-refractivity contribution in [2.45, 2.75) is 0 Å². The number of nitrogens with two attached hydrogens (primary N) is 1. The predicted molar refractivity (Wildman–Crippen MR) is 120 cm³/mol. The van der Waals surface area contributed by atoms with E-state index in [1.807, 2.05) is 30.3 Å². The van der Waals surface area contributed by atoms with E-state index in [9.17, 15) is 14.3 Å². The lowest BCUT2D eigenvalue weighted by Crippen LogP contribution is -2.21. The van der Waals surface area contributed by atoms with Gasteiger partial charge in [0.2, 0.25) is 0 Å². The number of aromatic nitrogens is 1. The summed E-state index contributed by atoms with van der Waals surface area (Å²) in [6, 6.07) is 17.0. The number of fused-ring (bicyclic) bond motifs is 1. The number of hydrogen-bond donors (Lipinski definition) is 4. The fourth-order valence-electron chi connectivity index (χ4n) is 3.57. The Hall–Kier alpha value is -4.13. The highest BCUT2D eigenvalue weighted by Gasteiger charge is 2.19. The second-order valence-corrected chi connectivity index (χ2v) is 7.50. The van der Waals surface area contributed by atoms with Crippen molar-refractivity contribution >= 4 is 22.6 Å². The quantitative estimate of drug-likeness (QED) is 0.294. The first-order chi connectivity index (χ1) is 14.8. The predicted octanol–water partition coefficient (Wildman–Crippen LogP) is 4.33. The third-order valence-corrected chi connectivity index (χ3v) is 5.14. The lowest BCUT2D eigenvalue weighted by atomic mass is 9.96. The third-order valence-electron chi connectivity index (χ3n) is 5.14. The Morgan fingerprint density at radius 3 is 2.39 bits per heavy atom. The van der Waals surface area contributed by atoms with Gasteiger partial charge in [0.25, 0.3) is 5.91 Å². The normalized spacial score (nSPS) is 10.9. The molecular formula is C24H21FN4O2. The molecule has 0 atom stereocenters. The van der Waals surface area contributed by atoms with Crippen molar-refractivity contribution in [1.82, 2.24) is 9.88 Å². The van der Waals surface area contributed by atoms with Crippen molar-refractivity contribution in [2.75, 3.05) is 14.1 Å². The summed E-state index contributed by atoms with van der Waals surface area (Å²) in [4.78, 5) is 17.3. The number of amides is 1. The molecule has 4 aromatic rings. The topological polar surface area (TPSA) is 106 Å². The number of amidine groups is 1. The smallest absolute Gasteiger partial charge is 0.253 e. The highest BCUT2D eigenvalue weighted by Crippen LogP contribution is 2.40. The van der Waals surface area contributed by atoms with Crippen LogP contribution in [0.2, 0.25) is 0 Å². The summed E-state index contributed by atoms with van der Waals surface area (Å²) in [6.45, 7) is 0. The van der Waals surface area contributed by atoms with Crippen molar-refractivity contribution in [1.29, 1.82) is 5.41 Å². The van der Waals surface area contributed by atoms with Gasteiger partial charge in [-0.25, -0.2) is 4.39 Å². The third kappa shape index (κ3) is 3.61. The fraction of sp³-hybridized carbons (Fsp3) is 0.0833. The van der Waals surface area contributed by atoms with Gasteiger partial charge in [0, 0.05) is 41.7 Å². The number of carbonyl (C=O) groups is 1. The van der Waals surface area contributed by atoms with Gasteiger partial charge < -0.3 is 20.7 Å². The number of rotatable bonds is 4. The Bertz CT molecular complexity index is 1330. The van der Waals surface area contributed by atoms with Gasteiger partial charge in [-0.15, -0.1) is 0 Å². The summed E-state index contributed by atoms with van der Waals surface area (Å²) < 4.78 is 14.3. The van der Waals surface area contributed by atoms with Gasteiger partial charge in [0.1, 0.15) is 17.4 Å². The summed E-state index contributed by atoms with van der Waals surface area (Å²) >= 11 is 0. The molecule has 0 bridgehead atoms. The Labute approximate surface area is 178 Å². The van der Waals surface area contributed by atoms with E-state index in [1.54, 1.807) is 32.3 Å². The van der Waals surface area contributed by atoms with E-state index in [-0.39, 0.29) is 23.1 Å². The largest absolute Gasteiger partial charge is 0.507 e. The summed E-state index contributed by atoms with van der Waals surface area (Å²) in [5.41, 5.74) is 8.56. The first kappa shape index (κ1) is 20.2. The number of halogens is 1. The van der Waals surface area contributed by atoms with Crippen LogP contribution in [0.25, 0.3) is 33.3 Å². The van der Waals surface area contributed by atoms with E-state index in [4.69, 9.17) is 11.1 Å². The average molecular weight is 416 g/mol. The number of aromatic amines is 1. The number of nitrogens with zero attached hydrogens (tertiary/aromatic N) is 1. The molecule has 7 heteroatoms. The standard InChI is InChI=1S/C24H21FN4O2/c1-29(2)24(31)15-9-16(13-6-4-3-5-7-13)22(30)18(10-15)21-11-14-8-17(23(26)27)19(25)12-20(14)28-21/h3-12,28,30H,1-2H3,(H3,26,27). The number of phenolic OH excluding ortho intramolecular Hbond substituents is 1. The molecule has 0 aliphatic carbocycles. The van der Waals surface area contributed by atoms with Crippen molar-refractivity contribution in [3.63, 3.8) is 0 Å². The summed E-state index contributed by atoms with van der Waals surface area (Å²) in [7, 11) is 3.32. The Morgan fingerprint density at radius 1 is 1.06 bits per heavy atom. The molecule has 3 aromatic carbocycles. The fourth-order valence-corrected chi connectivity index (χ4v) is 3.57. The number of nitrogens with one attached hydrogen (secondary N) is 2. The molecule has 0 aliphatic rings. The molecule has 0 fully saturated rings. The molecule has 0 radical (unpaired) electrons. The first-order valence-electron chi connectivity index (χ1n) is 9.57. The van der Waals surface area contributed by atoms with E-state index < -0.39 is 5.82 Å². The van der Waals surface area contributed by atoms with E-state index in [2.05, 4.69) is 4.98 Å². The molecule has 6 nitrogen and oxygen atoms in total. The molecule has 0 aliphatic heterocycles. The SMILES string of the molecule is CN(C)C(=O)c1cc(-c2ccccc2)c(O)c(-c2cc3cc(C(=N)N)c(F)cc3[nH]2)c1. The second kappa shape index (κ2) is 7.60. The molecule has 1 amide bonds. The number of H-pyrrole nitrogens is 1. The van der Waals surface area contributed by atoms with E-state index in [0.717, 1.165) is 5.56 Å². The number of nitrogen functional groups attached to an aromatic ring is 1. The molecule has 156 valence electrons. The van der Waals surface area contributed by atoms with E-state index in [1.165, 1.54) is 17.0 Å². The maximum atomic E-state index is 14.3. The molecule has 0 unspecified atom stereocenters. The van der Waals surface area contributed by atoms with Crippen LogP contribution < -0.4 is 5.73 Å². The van der Waals surface area contributed by atoms with Crippen LogP contribution in [0.4, 0.5) is 4.39 Å². The van der Waals surface area contributed by atoms with Gasteiger partial charge in [-0.1, -0.05) is 30.3 Å². The van der Waals surface area contributed by atoms with Crippen LogP contribution in [0.15, 0.2) is 60.7 Å². The molecule has 5 N–H and O–H groups in total. The van der Waals surface area contributed by atoms with Crippen molar-refractivity contribution < 1.29 is 14.3 Å². The summed E-state index contributed by atoms with van der Waals surface area (Å²) in [5.74, 6) is -1.19. The number of aromatic hydroxyl groups is 1. The van der Waals surface area contributed by atoms with Gasteiger partial charge in [0.15, 0.2) is 0 Å². The van der Waals surface area contributed by atoms with Gasteiger partial charge in [-0.2, -0.15) is 0 Å². The minimum absolute atomic E-state index is 0.000301. The molecule has 0 saturated carbocycles. The van der Waals surface area contributed by atoms with Crippen molar-refractivity contribution in [3.05, 3.63) is 77.6 Å². The molecule has 0 spiro atoms. The number of carbonyl (C=O) groups excluding carboxylic acids is 1. The van der Waals surface area contributed by atoms with Crippen LogP contribution in [0.5, 0.6) is 5.75 Å². The van der Waals surface area contributed by atoms with Crippen molar-refractivity contribution in [3.8, 4) is 28.1 Å². The monoisotopic (exact) mass is 416 g/mol. The van der Waals surface area contributed by atoms with Gasteiger partial charge in [-0.05, 0) is 35.9 Å². The lowest BCUT2D eigenvalue weighted by Gasteiger charge is -2.15. The minimum atomic E-state index is -0.612. The molecule has 1 aromatic heterocycles.